The minimum absolute atomic E-state index is 0.189. The molecule has 6 nitrogen and oxygen atoms in total. The molecular formula is C18H21N3O3. The van der Waals surface area contributed by atoms with Crippen LogP contribution < -0.4 is 15.6 Å². The number of nitrogens with one attached hydrogen (secondary N) is 1. The van der Waals surface area contributed by atoms with Crippen molar-refractivity contribution < 1.29 is 9.53 Å². The van der Waals surface area contributed by atoms with E-state index in [9.17, 15) is 9.59 Å². The van der Waals surface area contributed by atoms with E-state index in [1.54, 1.807) is 0 Å². The van der Waals surface area contributed by atoms with E-state index in [0.29, 0.717) is 19.7 Å². The van der Waals surface area contributed by atoms with Crippen LogP contribution in [0.15, 0.2) is 41.2 Å². The van der Waals surface area contributed by atoms with Gasteiger partial charge in [-0.15, -0.1) is 0 Å². The van der Waals surface area contributed by atoms with Crippen LogP contribution in [0.1, 0.15) is 29.4 Å². The van der Waals surface area contributed by atoms with Crippen molar-refractivity contribution in [3.8, 4) is 5.75 Å². The Balaban J connectivity index is 1.60. The number of aryl methyl sites for hydroxylation is 1. The van der Waals surface area contributed by atoms with Gasteiger partial charge in [0.25, 0.3) is 11.5 Å². The summed E-state index contributed by atoms with van der Waals surface area (Å²) in [5.74, 6) is 0.887. The molecule has 1 aromatic carbocycles. The summed E-state index contributed by atoms with van der Waals surface area (Å²) < 4.78 is 7.06. The molecule has 6 heteroatoms. The van der Waals surface area contributed by atoms with Crippen LogP contribution >= 0.6 is 0 Å². The van der Waals surface area contributed by atoms with Gasteiger partial charge >= 0.3 is 0 Å². The van der Waals surface area contributed by atoms with Gasteiger partial charge in [-0.25, -0.2) is 4.68 Å². The number of hydrogen-bond donors (Lipinski definition) is 1. The Bertz CT molecular complexity index is 785. The largest absolute Gasteiger partial charge is 0.493 e. The number of carbonyl (C=O) groups is 1. The fraction of sp³-hybridized carbons (Fsp3) is 0.389. The molecule has 2 heterocycles. The first-order chi connectivity index (χ1) is 11.7. The Morgan fingerprint density at radius 2 is 2.17 bits per heavy atom. The van der Waals surface area contributed by atoms with Crippen LogP contribution in [0.3, 0.4) is 0 Å². The summed E-state index contributed by atoms with van der Waals surface area (Å²) in [4.78, 5) is 23.9. The minimum atomic E-state index is -0.265. The molecule has 0 radical (unpaired) electrons. The second kappa shape index (κ2) is 7.29. The van der Waals surface area contributed by atoms with E-state index in [-0.39, 0.29) is 23.1 Å². The highest BCUT2D eigenvalue weighted by Gasteiger charge is 2.20. The number of para-hydroxylation sites is 1. The van der Waals surface area contributed by atoms with Crippen molar-refractivity contribution in [2.45, 2.75) is 26.3 Å². The molecule has 1 amide bonds. The van der Waals surface area contributed by atoms with E-state index in [0.717, 1.165) is 24.2 Å². The molecule has 1 atom stereocenters. The van der Waals surface area contributed by atoms with Gasteiger partial charge in [-0.05, 0) is 30.5 Å². The summed E-state index contributed by atoms with van der Waals surface area (Å²) in [5, 5.41) is 7.01. The number of benzene rings is 1. The summed E-state index contributed by atoms with van der Waals surface area (Å²) in [7, 11) is 0. The summed E-state index contributed by atoms with van der Waals surface area (Å²) in [5.41, 5.74) is 1.24. The van der Waals surface area contributed by atoms with Gasteiger partial charge < -0.3 is 10.1 Å². The third kappa shape index (κ3) is 3.64. The van der Waals surface area contributed by atoms with Crippen LogP contribution in [0, 0.1) is 5.92 Å². The van der Waals surface area contributed by atoms with E-state index < -0.39 is 0 Å². The molecular weight excluding hydrogens is 306 g/mol. The van der Waals surface area contributed by atoms with Crippen LogP contribution in [0.5, 0.6) is 5.75 Å². The number of ether oxygens (including phenoxy) is 1. The second-order valence-electron chi connectivity index (χ2n) is 5.98. The number of hydrogen-bond acceptors (Lipinski definition) is 4. The molecule has 1 N–H and O–H groups in total. The zero-order valence-corrected chi connectivity index (χ0v) is 13.7. The average molecular weight is 327 g/mol. The van der Waals surface area contributed by atoms with Crippen molar-refractivity contribution in [3.05, 3.63) is 58.0 Å². The lowest BCUT2D eigenvalue weighted by atomic mass is 9.97. The van der Waals surface area contributed by atoms with E-state index in [1.807, 2.05) is 31.2 Å². The number of amides is 1. The van der Waals surface area contributed by atoms with Crippen molar-refractivity contribution in [2.75, 3.05) is 13.2 Å². The minimum Gasteiger partial charge on any atom is -0.493 e. The average Bonchev–Trinajstić information content (AvgIpc) is 2.61. The molecule has 0 bridgehead atoms. The summed E-state index contributed by atoms with van der Waals surface area (Å²) in [6, 6.07) is 10.8. The summed E-state index contributed by atoms with van der Waals surface area (Å²) in [6.07, 6.45) is 1.66. The van der Waals surface area contributed by atoms with E-state index in [1.165, 1.54) is 16.8 Å². The molecule has 0 spiro atoms. The molecule has 1 aliphatic heterocycles. The lowest BCUT2D eigenvalue weighted by Crippen LogP contribution is -2.36. The highest BCUT2D eigenvalue weighted by atomic mass is 16.5. The lowest BCUT2D eigenvalue weighted by molar-refractivity contribution is 0.0931. The second-order valence-corrected chi connectivity index (χ2v) is 5.98. The third-order valence-electron chi connectivity index (χ3n) is 4.04. The molecule has 0 fully saturated rings. The molecule has 1 aromatic heterocycles. The van der Waals surface area contributed by atoms with Crippen LogP contribution in [-0.2, 0) is 13.0 Å². The van der Waals surface area contributed by atoms with E-state index >= 15 is 0 Å². The Morgan fingerprint density at radius 1 is 1.33 bits per heavy atom. The molecule has 3 rings (SSSR count). The van der Waals surface area contributed by atoms with Crippen molar-refractivity contribution in [1.82, 2.24) is 15.1 Å². The molecule has 0 saturated heterocycles. The first kappa shape index (κ1) is 16.2. The Morgan fingerprint density at radius 3 is 3.00 bits per heavy atom. The highest BCUT2D eigenvalue weighted by Crippen LogP contribution is 2.26. The maximum absolute atomic E-state index is 12.3. The molecule has 0 saturated carbocycles. The van der Waals surface area contributed by atoms with Crippen LogP contribution in [0.4, 0.5) is 0 Å². The van der Waals surface area contributed by atoms with Gasteiger partial charge in [0.1, 0.15) is 11.4 Å². The van der Waals surface area contributed by atoms with Crippen molar-refractivity contribution in [1.29, 1.82) is 0 Å². The molecule has 126 valence electrons. The highest BCUT2D eigenvalue weighted by molar-refractivity contribution is 5.91. The monoisotopic (exact) mass is 327 g/mol. The van der Waals surface area contributed by atoms with Gasteiger partial charge in [0.2, 0.25) is 0 Å². The Kier molecular flexibility index (Phi) is 4.93. The smallest absolute Gasteiger partial charge is 0.271 e. The molecule has 2 aromatic rings. The van der Waals surface area contributed by atoms with Crippen molar-refractivity contribution in [2.24, 2.45) is 5.92 Å². The number of rotatable bonds is 5. The third-order valence-corrected chi connectivity index (χ3v) is 4.04. The summed E-state index contributed by atoms with van der Waals surface area (Å²) >= 11 is 0. The fourth-order valence-corrected chi connectivity index (χ4v) is 2.79. The topological polar surface area (TPSA) is 73.2 Å². The van der Waals surface area contributed by atoms with E-state index in [4.69, 9.17) is 4.74 Å². The predicted molar refractivity (Wildman–Crippen MR) is 90.3 cm³/mol. The van der Waals surface area contributed by atoms with Gasteiger partial charge in [-0.1, -0.05) is 25.1 Å². The zero-order valence-electron chi connectivity index (χ0n) is 13.7. The van der Waals surface area contributed by atoms with Crippen LogP contribution in [-0.4, -0.2) is 28.8 Å². The fourth-order valence-electron chi connectivity index (χ4n) is 2.79. The lowest BCUT2D eigenvalue weighted by Gasteiger charge is -2.25. The van der Waals surface area contributed by atoms with Gasteiger partial charge in [-0.2, -0.15) is 5.10 Å². The normalized spacial score (nSPS) is 16.1. The SMILES string of the molecule is CCCn1nc(C(=O)NC[C@@H]2COc3ccccc3C2)ccc1=O. The maximum Gasteiger partial charge on any atom is 0.271 e. The number of carbonyl (C=O) groups excluding carboxylic acids is 1. The van der Waals surface area contributed by atoms with Crippen LogP contribution in [0.25, 0.3) is 0 Å². The van der Waals surface area contributed by atoms with Gasteiger partial charge in [0, 0.05) is 25.1 Å². The van der Waals surface area contributed by atoms with Crippen molar-refractivity contribution >= 4 is 5.91 Å². The molecule has 0 aliphatic carbocycles. The van der Waals surface area contributed by atoms with Crippen LogP contribution in [0.2, 0.25) is 0 Å². The Hall–Kier alpha value is -2.63. The maximum atomic E-state index is 12.3. The molecule has 24 heavy (non-hydrogen) atoms. The van der Waals surface area contributed by atoms with Gasteiger partial charge in [0.05, 0.1) is 6.61 Å². The van der Waals surface area contributed by atoms with Gasteiger partial charge in [0.15, 0.2) is 0 Å². The summed E-state index contributed by atoms with van der Waals surface area (Å²) in [6.45, 7) is 3.57. The van der Waals surface area contributed by atoms with Gasteiger partial charge in [-0.3, -0.25) is 9.59 Å². The zero-order chi connectivity index (χ0) is 16.9. The number of aromatic nitrogens is 2. The molecule has 1 aliphatic rings. The van der Waals surface area contributed by atoms with Crippen molar-refractivity contribution in [3.63, 3.8) is 0 Å². The first-order valence-corrected chi connectivity index (χ1v) is 8.24. The predicted octanol–water partition coefficient (Wildman–Crippen LogP) is 1.63. The Labute approximate surface area is 140 Å². The quantitative estimate of drug-likeness (QED) is 0.906. The molecule has 0 unspecified atom stereocenters. The van der Waals surface area contributed by atoms with E-state index in [2.05, 4.69) is 10.4 Å². The standard InChI is InChI=1S/C18H21N3O3/c1-2-9-21-17(22)8-7-15(20-21)18(23)19-11-13-10-14-5-3-4-6-16(14)24-12-13/h3-8,13H,2,9-12H2,1H3,(H,19,23)/t13-/m1/s1. The number of nitrogens with zero attached hydrogens (tertiary/aromatic N) is 2. The first-order valence-electron chi connectivity index (χ1n) is 8.24. The number of fused-ring (bicyclic) bond motifs is 1.